The molecule has 3 heteroatoms. The van der Waals surface area contributed by atoms with Crippen LogP contribution in [0.1, 0.15) is 64.5 Å². The van der Waals surface area contributed by atoms with Gasteiger partial charge in [-0.3, -0.25) is 0 Å². The van der Waals surface area contributed by atoms with E-state index in [1.165, 1.54) is 37.7 Å². The van der Waals surface area contributed by atoms with Gasteiger partial charge >= 0.3 is 0 Å². The summed E-state index contributed by atoms with van der Waals surface area (Å²) >= 11 is 9.84. The summed E-state index contributed by atoms with van der Waals surface area (Å²) in [5.74, 6) is 0.775. The lowest BCUT2D eigenvalue weighted by atomic mass is 9.78. The second kappa shape index (κ2) is 7.48. The molecule has 118 valence electrons. The van der Waals surface area contributed by atoms with Crippen molar-refractivity contribution in [3.05, 3.63) is 33.3 Å². The summed E-state index contributed by atoms with van der Waals surface area (Å²) in [6.07, 6.45) is 6.86. The van der Waals surface area contributed by atoms with Crippen LogP contribution < -0.4 is 5.32 Å². The molecular formula is C18H27BrClN. The Morgan fingerprint density at radius 2 is 1.90 bits per heavy atom. The van der Waals surface area contributed by atoms with Crippen molar-refractivity contribution in [2.45, 2.75) is 58.9 Å². The van der Waals surface area contributed by atoms with Gasteiger partial charge < -0.3 is 5.32 Å². The SMILES string of the molecule is CC(C)CC1(CNC(C)c2ccc(Br)cc2Cl)CCCC1. The van der Waals surface area contributed by atoms with Crippen LogP contribution in [-0.4, -0.2) is 6.54 Å². The molecule has 0 heterocycles. The molecule has 1 fully saturated rings. The van der Waals surface area contributed by atoms with E-state index in [4.69, 9.17) is 11.6 Å². The summed E-state index contributed by atoms with van der Waals surface area (Å²) < 4.78 is 1.04. The van der Waals surface area contributed by atoms with E-state index in [-0.39, 0.29) is 0 Å². The zero-order valence-electron chi connectivity index (χ0n) is 13.4. The van der Waals surface area contributed by atoms with Crippen molar-refractivity contribution in [2.75, 3.05) is 6.54 Å². The van der Waals surface area contributed by atoms with Crippen molar-refractivity contribution in [1.82, 2.24) is 5.32 Å². The highest BCUT2D eigenvalue weighted by atomic mass is 79.9. The molecule has 0 spiro atoms. The fraction of sp³-hybridized carbons (Fsp3) is 0.667. The molecule has 0 saturated heterocycles. The molecule has 1 aliphatic carbocycles. The number of halogens is 2. The van der Waals surface area contributed by atoms with Crippen molar-refractivity contribution >= 4 is 27.5 Å². The van der Waals surface area contributed by atoms with Crippen LogP contribution in [0.4, 0.5) is 0 Å². The largest absolute Gasteiger partial charge is 0.310 e. The van der Waals surface area contributed by atoms with Crippen LogP contribution >= 0.6 is 27.5 Å². The maximum absolute atomic E-state index is 6.37. The summed E-state index contributed by atoms with van der Waals surface area (Å²) in [7, 11) is 0. The molecule has 1 nitrogen and oxygen atoms in total. The Morgan fingerprint density at radius 3 is 2.48 bits per heavy atom. The van der Waals surface area contributed by atoms with Crippen LogP contribution in [0.25, 0.3) is 0 Å². The number of hydrogen-bond donors (Lipinski definition) is 1. The molecular weight excluding hydrogens is 346 g/mol. The van der Waals surface area contributed by atoms with Crippen LogP contribution in [0.3, 0.4) is 0 Å². The summed E-state index contributed by atoms with van der Waals surface area (Å²) in [6, 6.07) is 6.47. The topological polar surface area (TPSA) is 12.0 Å². The molecule has 21 heavy (non-hydrogen) atoms. The van der Waals surface area contributed by atoms with Gasteiger partial charge in [0.25, 0.3) is 0 Å². The van der Waals surface area contributed by atoms with Crippen molar-refractivity contribution in [2.24, 2.45) is 11.3 Å². The molecule has 1 N–H and O–H groups in total. The Bertz CT molecular complexity index is 466. The fourth-order valence-electron chi connectivity index (χ4n) is 3.78. The Morgan fingerprint density at radius 1 is 1.24 bits per heavy atom. The van der Waals surface area contributed by atoms with Gasteiger partial charge in [-0.15, -0.1) is 0 Å². The first-order chi connectivity index (χ1) is 9.92. The third-order valence-electron chi connectivity index (χ3n) is 4.72. The molecule has 1 aromatic rings. The zero-order chi connectivity index (χ0) is 15.5. The van der Waals surface area contributed by atoms with Gasteiger partial charge in [-0.2, -0.15) is 0 Å². The molecule has 0 aliphatic heterocycles. The van der Waals surface area contributed by atoms with E-state index in [2.05, 4.69) is 54.2 Å². The molecule has 0 radical (unpaired) electrons. The zero-order valence-corrected chi connectivity index (χ0v) is 15.7. The van der Waals surface area contributed by atoms with E-state index in [0.29, 0.717) is 11.5 Å². The molecule has 0 amide bonds. The van der Waals surface area contributed by atoms with E-state index < -0.39 is 0 Å². The first kappa shape index (κ1) is 17.3. The third kappa shape index (κ3) is 4.71. The average Bonchev–Trinajstić information content (AvgIpc) is 2.84. The molecule has 1 aromatic carbocycles. The minimum Gasteiger partial charge on any atom is -0.310 e. The number of rotatable bonds is 6. The molecule has 0 aromatic heterocycles. The number of benzene rings is 1. The Kier molecular flexibility index (Phi) is 6.16. The highest BCUT2D eigenvalue weighted by Gasteiger charge is 2.34. The minimum atomic E-state index is 0.301. The van der Waals surface area contributed by atoms with Gasteiger partial charge in [0.2, 0.25) is 0 Å². The molecule has 1 aliphatic rings. The molecule has 1 saturated carbocycles. The summed E-state index contributed by atoms with van der Waals surface area (Å²) in [6.45, 7) is 8.01. The van der Waals surface area contributed by atoms with Gasteiger partial charge in [0.15, 0.2) is 0 Å². The summed E-state index contributed by atoms with van der Waals surface area (Å²) in [4.78, 5) is 0. The number of hydrogen-bond acceptors (Lipinski definition) is 1. The lowest BCUT2D eigenvalue weighted by Gasteiger charge is -2.33. The molecule has 1 atom stereocenters. The van der Waals surface area contributed by atoms with Gasteiger partial charge in [0, 0.05) is 22.1 Å². The smallest absolute Gasteiger partial charge is 0.0464 e. The van der Waals surface area contributed by atoms with Crippen LogP contribution in [0.2, 0.25) is 5.02 Å². The average molecular weight is 373 g/mol. The second-order valence-corrected chi connectivity index (χ2v) is 8.40. The van der Waals surface area contributed by atoms with Crippen molar-refractivity contribution in [1.29, 1.82) is 0 Å². The first-order valence-corrected chi connectivity index (χ1v) is 9.27. The predicted molar refractivity (Wildman–Crippen MR) is 95.9 cm³/mol. The van der Waals surface area contributed by atoms with Gasteiger partial charge in [-0.05, 0) is 55.2 Å². The maximum Gasteiger partial charge on any atom is 0.0464 e. The monoisotopic (exact) mass is 371 g/mol. The summed E-state index contributed by atoms with van der Waals surface area (Å²) in [5.41, 5.74) is 1.70. The normalized spacial score (nSPS) is 19.1. The fourth-order valence-corrected chi connectivity index (χ4v) is 4.61. The molecule has 0 bridgehead atoms. The van der Waals surface area contributed by atoms with E-state index in [9.17, 15) is 0 Å². The maximum atomic E-state index is 6.37. The quantitative estimate of drug-likeness (QED) is 0.612. The lowest BCUT2D eigenvalue weighted by molar-refractivity contribution is 0.217. The van der Waals surface area contributed by atoms with Gasteiger partial charge in [0.05, 0.1) is 0 Å². The van der Waals surface area contributed by atoms with E-state index >= 15 is 0 Å². The van der Waals surface area contributed by atoms with Crippen LogP contribution in [0.5, 0.6) is 0 Å². The van der Waals surface area contributed by atoms with Crippen molar-refractivity contribution < 1.29 is 0 Å². The van der Waals surface area contributed by atoms with E-state index in [1.807, 2.05) is 6.07 Å². The van der Waals surface area contributed by atoms with Crippen molar-refractivity contribution in [3.8, 4) is 0 Å². The van der Waals surface area contributed by atoms with Gasteiger partial charge in [-0.25, -0.2) is 0 Å². The highest BCUT2D eigenvalue weighted by molar-refractivity contribution is 9.10. The lowest BCUT2D eigenvalue weighted by Crippen LogP contribution is -2.34. The van der Waals surface area contributed by atoms with Gasteiger partial charge in [0.1, 0.15) is 0 Å². The predicted octanol–water partition coefficient (Wildman–Crippen LogP) is 6.36. The second-order valence-electron chi connectivity index (χ2n) is 7.07. The standard InChI is InChI=1S/C18H27BrClN/c1-13(2)11-18(8-4-5-9-18)12-21-14(3)16-7-6-15(19)10-17(16)20/h6-7,10,13-14,21H,4-5,8-9,11-12H2,1-3H3. The van der Waals surface area contributed by atoms with E-state index in [1.54, 1.807) is 0 Å². The Labute approximate surface area is 143 Å². The first-order valence-electron chi connectivity index (χ1n) is 8.10. The number of nitrogens with one attached hydrogen (secondary N) is 1. The minimum absolute atomic E-state index is 0.301. The van der Waals surface area contributed by atoms with Crippen molar-refractivity contribution in [3.63, 3.8) is 0 Å². The Balaban J connectivity index is 2.00. The Hall–Kier alpha value is -0.0500. The van der Waals surface area contributed by atoms with Crippen LogP contribution in [0, 0.1) is 11.3 Å². The summed E-state index contributed by atoms with van der Waals surface area (Å²) in [5, 5.41) is 4.59. The van der Waals surface area contributed by atoms with Crippen LogP contribution in [-0.2, 0) is 0 Å². The highest BCUT2D eigenvalue weighted by Crippen LogP contribution is 2.43. The molecule has 1 unspecified atom stereocenters. The third-order valence-corrected chi connectivity index (χ3v) is 5.54. The van der Waals surface area contributed by atoms with E-state index in [0.717, 1.165) is 22.0 Å². The van der Waals surface area contributed by atoms with Gasteiger partial charge in [-0.1, -0.05) is 60.3 Å². The molecule has 2 rings (SSSR count). The van der Waals surface area contributed by atoms with Crippen LogP contribution in [0.15, 0.2) is 22.7 Å².